The number of nitrogens with one attached hydrogen (secondary N) is 1. The molecule has 0 aliphatic carbocycles. The zero-order valence-corrected chi connectivity index (χ0v) is 10.7. The smallest absolute Gasteiger partial charge is 0.194 e. The van der Waals surface area contributed by atoms with Gasteiger partial charge < -0.3 is 10.1 Å². The molecule has 104 valence electrons. The van der Waals surface area contributed by atoms with Gasteiger partial charge in [0.05, 0.1) is 18.9 Å². The molecule has 5 heteroatoms. The van der Waals surface area contributed by atoms with E-state index in [1.54, 1.807) is 6.26 Å². The first-order chi connectivity index (χ1) is 9.15. The van der Waals surface area contributed by atoms with Crippen molar-refractivity contribution in [3.63, 3.8) is 0 Å². The summed E-state index contributed by atoms with van der Waals surface area (Å²) < 4.78 is 45.4. The SMILES string of the molecule is CCNC(C1=COCCC1)c1ccc(F)c(F)c1F. The van der Waals surface area contributed by atoms with Gasteiger partial charge in [0.2, 0.25) is 0 Å². The van der Waals surface area contributed by atoms with Crippen molar-refractivity contribution in [2.24, 2.45) is 0 Å². The monoisotopic (exact) mass is 271 g/mol. The Hall–Kier alpha value is -1.49. The Morgan fingerprint density at radius 3 is 2.68 bits per heavy atom. The molecule has 0 bridgehead atoms. The molecule has 1 aliphatic heterocycles. The van der Waals surface area contributed by atoms with Gasteiger partial charge in [0, 0.05) is 5.56 Å². The summed E-state index contributed by atoms with van der Waals surface area (Å²) in [6, 6.07) is 1.74. The lowest BCUT2D eigenvalue weighted by Crippen LogP contribution is -2.25. The Kier molecular flexibility index (Phi) is 4.47. The number of hydrogen-bond acceptors (Lipinski definition) is 2. The highest BCUT2D eigenvalue weighted by Gasteiger charge is 2.24. The van der Waals surface area contributed by atoms with Crippen LogP contribution in [-0.2, 0) is 4.74 Å². The van der Waals surface area contributed by atoms with Crippen molar-refractivity contribution in [1.82, 2.24) is 5.32 Å². The van der Waals surface area contributed by atoms with Gasteiger partial charge in [-0.2, -0.15) is 0 Å². The lowest BCUT2D eigenvalue weighted by Gasteiger charge is -2.24. The molecule has 1 N–H and O–H groups in total. The van der Waals surface area contributed by atoms with E-state index in [0.717, 1.165) is 24.5 Å². The van der Waals surface area contributed by atoms with E-state index >= 15 is 0 Å². The minimum Gasteiger partial charge on any atom is -0.501 e. The van der Waals surface area contributed by atoms with Gasteiger partial charge in [-0.3, -0.25) is 0 Å². The largest absolute Gasteiger partial charge is 0.501 e. The standard InChI is InChI=1S/C14H16F3NO/c1-2-18-14(9-4-3-7-19-8-9)10-5-6-11(15)13(17)12(10)16/h5-6,8,14,18H,2-4,7H2,1H3. The first kappa shape index (κ1) is 13.9. The Balaban J connectivity index is 2.39. The summed E-state index contributed by atoms with van der Waals surface area (Å²) in [6.07, 6.45) is 3.16. The molecular weight excluding hydrogens is 255 g/mol. The van der Waals surface area contributed by atoms with E-state index in [1.807, 2.05) is 6.92 Å². The third kappa shape index (κ3) is 2.92. The lowest BCUT2D eigenvalue weighted by molar-refractivity contribution is 0.219. The average Bonchev–Trinajstić information content (AvgIpc) is 2.44. The Labute approximate surface area is 110 Å². The minimum atomic E-state index is -1.43. The van der Waals surface area contributed by atoms with Crippen molar-refractivity contribution >= 4 is 0 Å². The summed E-state index contributed by atoms with van der Waals surface area (Å²) in [7, 11) is 0. The second-order valence-corrected chi connectivity index (χ2v) is 4.42. The maximum atomic E-state index is 13.9. The number of likely N-dealkylation sites (N-methyl/N-ethyl adjacent to an activating group) is 1. The zero-order valence-electron chi connectivity index (χ0n) is 10.7. The fourth-order valence-electron chi connectivity index (χ4n) is 2.21. The molecule has 0 amide bonds. The molecule has 1 aromatic rings. The first-order valence-corrected chi connectivity index (χ1v) is 6.32. The number of hydrogen-bond donors (Lipinski definition) is 1. The lowest BCUT2D eigenvalue weighted by atomic mass is 9.94. The van der Waals surface area contributed by atoms with Crippen molar-refractivity contribution < 1.29 is 17.9 Å². The Morgan fingerprint density at radius 2 is 2.05 bits per heavy atom. The van der Waals surface area contributed by atoms with Crippen LogP contribution in [0.5, 0.6) is 0 Å². The topological polar surface area (TPSA) is 21.3 Å². The highest BCUT2D eigenvalue weighted by Crippen LogP contribution is 2.30. The molecule has 1 aromatic carbocycles. The van der Waals surface area contributed by atoms with Crippen molar-refractivity contribution in [3.05, 3.63) is 47.0 Å². The molecule has 0 saturated carbocycles. The first-order valence-electron chi connectivity index (χ1n) is 6.32. The molecule has 2 rings (SSSR count). The molecule has 0 radical (unpaired) electrons. The van der Waals surface area contributed by atoms with Crippen molar-refractivity contribution in [2.45, 2.75) is 25.8 Å². The molecule has 0 aromatic heterocycles. The molecule has 0 fully saturated rings. The Bertz CT molecular complexity index is 488. The summed E-state index contributed by atoms with van der Waals surface area (Å²) in [5.41, 5.74) is 0.954. The molecule has 0 spiro atoms. The third-order valence-corrected chi connectivity index (χ3v) is 3.12. The second kappa shape index (κ2) is 6.10. The van der Waals surface area contributed by atoms with Crippen molar-refractivity contribution in [1.29, 1.82) is 0 Å². The van der Waals surface area contributed by atoms with Gasteiger partial charge in [-0.25, -0.2) is 13.2 Å². The summed E-state index contributed by atoms with van der Waals surface area (Å²) >= 11 is 0. The number of ether oxygens (including phenoxy) is 1. The van der Waals surface area contributed by atoms with E-state index in [-0.39, 0.29) is 5.56 Å². The normalized spacial score (nSPS) is 16.7. The molecular formula is C14H16F3NO. The van der Waals surface area contributed by atoms with Crippen molar-refractivity contribution in [2.75, 3.05) is 13.2 Å². The number of halogens is 3. The average molecular weight is 271 g/mol. The summed E-state index contributed by atoms with van der Waals surface area (Å²) in [4.78, 5) is 0. The highest BCUT2D eigenvalue weighted by molar-refractivity contribution is 5.30. The van der Waals surface area contributed by atoms with Crippen LogP contribution in [0.15, 0.2) is 24.0 Å². The molecule has 1 heterocycles. The molecule has 19 heavy (non-hydrogen) atoms. The minimum absolute atomic E-state index is 0.109. The van der Waals surface area contributed by atoms with E-state index in [9.17, 15) is 13.2 Å². The summed E-state index contributed by atoms with van der Waals surface area (Å²) in [6.45, 7) is 3.08. The van der Waals surface area contributed by atoms with Gasteiger partial charge in [-0.1, -0.05) is 13.0 Å². The van der Waals surface area contributed by atoms with Crippen LogP contribution in [0.3, 0.4) is 0 Å². The summed E-state index contributed by atoms with van der Waals surface area (Å²) in [5, 5.41) is 3.08. The predicted octanol–water partition coefficient (Wildman–Crippen LogP) is 3.45. The van der Waals surface area contributed by atoms with Crippen LogP contribution in [0, 0.1) is 17.5 Å². The fraction of sp³-hybridized carbons (Fsp3) is 0.429. The van der Waals surface area contributed by atoms with Crippen LogP contribution in [0.2, 0.25) is 0 Å². The number of rotatable bonds is 4. The van der Waals surface area contributed by atoms with E-state index in [2.05, 4.69) is 5.32 Å². The second-order valence-electron chi connectivity index (χ2n) is 4.42. The van der Waals surface area contributed by atoms with E-state index in [1.165, 1.54) is 6.07 Å². The van der Waals surface area contributed by atoms with Gasteiger partial charge >= 0.3 is 0 Å². The van der Waals surface area contributed by atoms with Crippen molar-refractivity contribution in [3.8, 4) is 0 Å². The molecule has 0 saturated heterocycles. The van der Waals surface area contributed by atoms with E-state index in [4.69, 9.17) is 4.74 Å². The highest BCUT2D eigenvalue weighted by atomic mass is 19.2. The molecule has 1 atom stereocenters. The Morgan fingerprint density at radius 1 is 1.26 bits per heavy atom. The summed E-state index contributed by atoms with van der Waals surface area (Å²) in [5.74, 6) is -3.75. The van der Waals surface area contributed by atoms with E-state index < -0.39 is 23.5 Å². The molecule has 1 unspecified atom stereocenters. The number of benzene rings is 1. The van der Waals surface area contributed by atoms with Crippen LogP contribution in [0.4, 0.5) is 13.2 Å². The third-order valence-electron chi connectivity index (χ3n) is 3.12. The quantitative estimate of drug-likeness (QED) is 0.847. The van der Waals surface area contributed by atoms with Gasteiger partial charge in [0.1, 0.15) is 0 Å². The van der Waals surface area contributed by atoms with E-state index in [0.29, 0.717) is 13.2 Å². The van der Waals surface area contributed by atoms with Gasteiger partial charge in [-0.15, -0.1) is 0 Å². The molecule has 2 nitrogen and oxygen atoms in total. The maximum Gasteiger partial charge on any atom is 0.194 e. The van der Waals surface area contributed by atoms with Crippen LogP contribution >= 0.6 is 0 Å². The van der Waals surface area contributed by atoms with Crippen LogP contribution in [0.25, 0.3) is 0 Å². The van der Waals surface area contributed by atoms with Crippen LogP contribution in [0.1, 0.15) is 31.4 Å². The van der Waals surface area contributed by atoms with Gasteiger partial charge in [0.15, 0.2) is 17.5 Å². The zero-order chi connectivity index (χ0) is 13.8. The van der Waals surface area contributed by atoms with Crippen LogP contribution < -0.4 is 5.32 Å². The predicted molar refractivity (Wildman–Crippen MR) is 66.0 cm³/mol. The molecule has 1 aliphatic rings. The maximum absolute atomic E-state index is 13.9. The van der Waals surface area contributed by atoms with Crippen LogP contribution in [-0.4, -0.2) is 13.2 Å². The van der Waals surface area contributed by atoms with Gasteiger partial charge in [0.25, 0.3) is 0 Å². The fourth-order valence-corrected chi connectivity index (χ4v) is 2.21. The van der Waals surface area contributed by atoms with Gasteiger partial charge in [-0.05, 0) is 31.0 Å².